The number of benzene rings is 3. The maximum Gasteiger partial charge on any atom is 0.329 e. The maximum absolute atomic E-state index is 11.8. The van der Waals surface area contributed by atoms with Crippen LogP contribution in [0.3, 0.4) is 0 Å². The van der Waals surface area contributed by atoms with Gasteiger partial charge in [0.2, 0.25) is 5.91 Å². The number of carboxylic acid groups (broad SMARTS) is 1. The predicted molar refractivity (Wildman–Crippen MR) is 254 cm³/mol. The standard InChI is InChI=1S/C16H19NO3S.C16H21NO2S.C12H12O3S.C4H9NO/c18-13-5-7-17(10-13)16(19)11-20-8-6-14-9-12-3-1-2-4-15(12)21-14;18-14-5-7-17(12-14)8-10-19-9-6-15-11-13-3-1-2-4-16(13)20-15;13-12(14)8-15-6-5-10-7-9-3-1-2-4-11(9)16-10;6-4-1-2-5-3-4/h1-4,9,13,18H,5-8,10-11H2;1-4,11,14,18H,5-10,12H2;1-4,7H,5-6,8H2,(H,13,14);4-6H,1-3H2. The molecule has 0 bridgehead atoms. The van der Waals surface area contributed by atoms with Crippen molar-refractivity contribution < 1.29 is 44.2 Å². The fourth-order valence-corrected chi connectivity index (χ4v) is 10.5. The summed E-state index contributed by atoms with van der Waals surface area (Å²) in [6.45, 7) is 8.04. The van der Waals surface area contributed by atoms with Crippen molar-refractivity contribution in [1.29, 1.82) is 0 Å². The van der Waals surface area contributed by atoms with Crippen LogP contribution in [0, 0.1) is 0 Å². The van der Waals surface area contributed by atoms with Gasteiger partial charge in [0.1, 0.15) is 13.2 Å². The van der Waals surface area contributed by atoms with Crippen molar-refractivity contribution in [1.82, 2.24) is 15.1 Å². The Kier molecular flexibility index (Phi) is 20.2. The van der Waals surface area contributed by atoms with Gasteiger partial charge in [0.15, 0.2) is 0 Å². The van der Waals surface area contributed by atoms with Crippen molar-refractivity contribution in [2.24, 2.45) is 0 Å². The van der Waals surface area contributed by atoms with E-state index in [0.717, 1.165) is 78.0 Å². The molecular formula is C48H61N3O9S3. The van der Waals surface area contributed by atoms with Crippen LogP contribution in [0.15, 0.2) is 91.0 Å². The van der Waals surface area contributed by atoms with Crippen molar-refractivity contribution in [2.75, 3.05) is 85.5 Å². The molecule has 3 aliphatic rings. The number of fused-ring (bicyclic) bond motifs is 3. The van der Waals surface area contributed by atoms with E-state index >= 15 is 0 Å². The SMILES string of the molecule is O=C(COCCc1cc2ccccc2s1)N1CCC(O)C1.O=C(O)COCCc1cc2ccccc2s1.OC1CCN(CCOCCc2cc3ccccc3s2)C1.OC1CCNC1. The summed E-state index contributed by atoms with van der Waals surface area (Å²) in [6.07, 6.45) is 4.53. The molecule has 15 heteroatoms. The van der Waals surface area contributed by atoms with Crippen LogP contribution in [0.5, 0.6) is 0 Å². The monoisotopic (exact) mass is 919 g/mol. The average molecular weight is 920 g/mol. The lowest BCUT2D eigenvalue weighted by molar-refractivity contribution is -0.142. The molecule has 3 atom stereocenters. The summed E-state index contributed by atoms with van der Waals surface area (Å²) in [5.74, 6) is -0.945. The van der Waals surface area contributed by atoms with Crippen LogP contribution in [0.25, 0.3) is 30.3 Å². The molecule has 340 valence electrons. The van der Waals surface area contributed by atoms with Crippen molar-refractivity contribution in [2.45, 2.75) is 56.8 Å². The number of aliphatic hydroxyl groups excluding tert-OH is 3. The lowest BCUT2D eigenvalue weighted by atomic mass is 10.2. The molecule has 3 aliphatic heterocycles. The number of amides is 1. The minimum absolute atomic E-state index is 0.0251. The van der Waals surface area contributed by atoms with Gasteiger partial charge in [0.25, 0.3) is 0 Å². The zero-order valence-electron chi connectivity index (χ0n) is 35.8. The molecule has 3 fully saturated rings. The van der Waals surface area contributed by atoms with Gasteiger partial charge in [-0.1, -0.05) is 54.6 Å². The van der Waals surface area contributed by atoms with Crippen molar-refractivity contribution in [3.63, 3.8) is 0 Å². The molecule has 1 amide bonds. The first-order valence-electron chi connectivity index (χ1n) is 21.8. The van der Waals surface area contributed by atoms with E-state index in [-0.39, 0.29) is 37.4 Å². The smallest absolute Gasteiger partial charge is 0.329 e. The zero-order valence-corrected chi connectivity index (χ0v) is 38.2. The highest BCUT2D eigenvalue weighted by atomic mass is 32.1. The van der Waals surface area contributed by atoms with Gasteiger partial charge in [-0.15, -0.1) is 34.0 Å². The van der Waals surface area contributed by atoms with Gasteiger partial charge in [-0.25, -0.2) is 4.79 Å². The summed E-state index contributed by atoms with van der Waals surface area (Å²) < 4.78 is 20.1. The second-order valence-corrected chi connectivity index (χ2v) is 19.3. The molecule has 3 aromatic carbocycles. The molecule has 3 unspecified atom stereocenters. The van der Waals surface area contributed by atoms with Crippen LogP contribution in [0.4, 0.5) is 0 Å². The van der Waals surface area contributed by atoms with E-state index in [0.29, 0.717) is 32.7 Å². The van der Waals surface area contributed by atoms with Gasteiger partial charge in [0.05, 0.1) is 44.7 Å². The van der Waals surface area contributed by atoms with Gasteiger partial charge < -0.3 is 44.9 Å². The highest BCUT2D eigenvalue weighted by molar-refractivity contribution is 7.19. The Bertz CT molecular complexity index is 2170. The number of thiophene rings is 3. The van der Waals surface area contributed by atoms with Gasteiger partial charge in [-0.3, -0.25) is 9.69 Å². The molecule has 0 saturated carbocycles. The minimum Gasteiger partial charge on any atom is -0.480 e. The maximum atomic E-state index is 11.8. The second kappa shape index (κ2) is 26.2. The van der Waals surface area contributed by atoms with Crippen LogP contribution in [0.2, 0.25) is 0 Å². The van der Waals surface area contributed by atoms with Crippen molar-refractivity contribution >= 4 is 76.1 Å². The number of aliphatic carboxylic acids is 1. The molecule has 0 spiro atoms. The van der Waals surface area contributed by atoms with Crippen molar-refractivity contribution in [3.05, 3.63) is 106 Å². The molecule has 5 N–H and O–H groups in total. The van der Waals surface area contributed by atoms with Crippen molar-refractivity contribution in [3.8, 4) is 0 Å². The third-order valence-corrected chi connectivity index (χ3v) is 14.2. The van der Waals surface area contributed by atoms with Gasteiger partial charge in [0, 0.05) is 87.3 Å². The van der Waals surface area contributed by atoms with E-state index in [1.807, 2.05) is 35.6 Å². The second-order valence-electron chi connectivity index (χ2n) is 15.8. The summed E-state index contributed by atoms with van der Waals surface area (Å²) in [5, 5.41) is 42.8. The Morgan fingerprint density at radius 2 is 1.10 bits per heavy atom. The molecule has 63 heavy (non-hydrogen) atoms. The van der Waals surface area contributed by atoms with Gasteiger partial charge in [-0.2, -0.15) is 0 Å². The molecule has 3 saturated heterocycles. The summed E-state index contributed by atoms with van der Waals surface area (Å²) >= 11 is 5.36. The van der Waals surface area contributed by atoms with E-state index in [2.05, 4.69) is 76.9 Å². The number of nitrogens with zero attached hydrogens (tertiary/aromatic N) is 2. The van der Waals surface area contributed by atoms with E-state index in [1.165, 1.54) is 44.9 Å². The first-order chi connectivity index (χ1) is 30.7. The lowest BCUT2D eigenvalue weighted by Gasteiger charge is -2.15. The predicted octanol–water partition coefficient (Wildman–Crippen LogP) is 6.47. The Morgan fingerprint density at radius 3 is 1.51 bits per heavy atom. The summed E-state index contributed by atoms with van der Waals surface area (Å²) in [6, 6.07) is 31.6. The number of carbonyl (C=O) groups excluding carboxylic acids is 1. The van der Waals surface area contributed by atoms with E-state index in [4.69, 9.17) is 24.4 Å². The number of nitrogens with one attached hydrogen (secondary N) is 1. The van der Waals surface area contributed by atoms with E-state index < -0.39 is 5.97 Å². The van der Waals surface area contributed by atoms with Crippen LogP contribution in [-0.4, -0.2) is 146 Å². The first kappa shape index (κ1) is 48.6. The Balaban J connectivity index is 0.000000148. The molecule has 6 aromatic rings. The molecule has 0 radical (unpaired) electrons. The van der Waals surface area contributed by atoms with Gasteiger partial charge >= 0.3 is 5.97 Å². The van der Waals surface area contributed by atoms with E-state index in [1.54, 1.807) is 27.6 Å². The molecule has 3 aromatic heterocycles. The third kappa shape index (κ3) is 16.9. The summed E-state index contributed by atoms with van der Waals surface area (Å²) in [5.41, 5.74) is 0. The molecule has 0 aliphatic carbocycles. The highest BCUT2D eigenvalue weighted by Gasteiger charge is 2.24. The largest absolute Gasteiger partial charge is 0.480 e. The summed E-state index contributed by atoms with van der Waals surface area (Å²) in [4.78, 5) is 29.9. The van der Waals surface area contributed by atoms with E-state index in [9.17, 15) is 19.8 Å². The molecule has 9 rings (SSSR count). The fourth-order valence-electron chi connectivity index (χ4n) is 7.33. The first-order valence-corrected chi connectivity index (χ1v) is 24.3. The van der Waals surface area contributed by atoms with Crippen LogP contribution in [-0.2, 0) is 43.1 Å². The van der Waals surface area contributed by atoms with Gasteiger partial charge in [-0.05, 0) is 78.4 Å². The molecular weight excluding hydrogens is 859 g/mol. The molecule has 6 heterocycles. The lowest BCUT2D eigenvalue weighted by Crippen LogP contribution is -2.32. The van der Waals surface area contributed by atoms with Crippen LogP contribution in [0.1, 0.15) is 33.9 Å². The number of aliphatic hydroxyl groups is 3. The minimum atomic E-state index is -0.920. The quantitative estimate of drug-likeness (QED) is 0.0678. The Hall–Kier alpha value is -3.84. The number of β-amino-alcohol motifs (C(OH)–C–C–N with tert-alkyl or cyclic N) is 3. The number of likely N-dealkylation sites (tertiary alicyclic amines) is 2. The summed E-state index contributed by atoms with van der Waals surface area (Å²) in [7, 11) is 0. The highest BCUT2D eigenvalue weighted by Crippen LogP contribution is 2.27. The molecule has 12 nitrogen and oxygen atoms in total. The normalized spacial score (nSPS) is 18.5. The number of ether oxygens (including phenoxy) is 3. The third-order valence-electron chi connectivity index (χ3n) is 10.7. The average Bonchev–Trinajstić information content (AvgIpc) is 4.15. The Morgan fingerprint density at radius 1 is 0.603 bits per heavy atom. The fraction of sp³-hybridized carbons (Fsp3) is 0.458. The number of hydrogen-bond donors (Lipinski definition) is 5. The number of hydrogen-bond acceptors (Lipinski definition) is 13. The number of carboxylic acids is 1. The number of rotatable bonds is 16. The Labute approximate surface area is 381 Å². The van der Waals surface area contributed by atoms with Crippen LogP contribution >= 0.6 is 34.0 Å². The topological polar surface area (TPSA) is 161 Å². The van der Waals surface area contributed by atoms with Crippen LogP contribution < -0.4 is 5.32 Å². The number of carbonyl (C=O) groups is 2. The zero-order chi connectivity index (χ0) is 44.2.